The highest BCUT2D eigenvalue weighted by atomic mass is 32.2. The second-order valence-electron chi connectivity index (χ2n) is 7.39. The molecular formula is C16H31N3O2S2. The van der Waals surface area contributed by atoms with Gasteiger partial charge in [0.2, 0.25) is 0 Å². The Hall–Kier alpha value is 0.180. The second kappa shape index (κ2) is 8.04. The highest BCUT2D eigenvalue weighted by Gasteiger charge is 2.34. The lowest BCUT2D eigenvalue weighted by atomic mass is 9.83. The lowest BCUT2D eigenvalue weighted by molar-refractivity contribution is 0.202. The molecule has 0 amide bonds. The molecular weight excluding hydrogens is 330 g/mol. The van der Waals surface area contributed by atoms with Gasteiger partial charge in [-0.25, -0.2) is 8.42 Å². The summed E-state index contributed by atoms with van der Waals surface area (Å²) in [5, 5.41) is 11.7. The average Bonchev–Trinajstić information content (AvgIpc) is 3.06. The fraction of sp³-hybridized carbons (Fsp3) is 1.00. The fourth-order valence-corrected chi connectivity index (χ4v) is 6.53. The third kappa shape index (κ3) is 5.08. The van der Waals surface area contributed by atoms with Gasteiger partial charge in [0.05, 0.1) is 11.4 Å². The van der Waals surface area contributed by atoms with Crippen LogP contribution >= 0.6 is 11.8 Å². The second-order valence-corrected chi connectivity index (χ2v) is 11.1. The van der Waals surface area contributed by atoms with Gasteiger partial charge in [-0.05, 0) is 50.2 Å². The molecule has 3 N–H and O–H groups in total. The van der Waals surface area contributed by atoms with Crippen LogP contribution in [0.2, 0.25) is 0 Å². The van der Waals surface area contributed by atoms with Crippen LogP contribution in [0.1, 0.15) is 38.5 Å². The highest BCUT2D eigenvalue weighted by Crippen LogP contribution is 2.31. The first-order valence-corrected chi connectivity index (χ1v) is 12.0. The van der Waals surface area contributed by atoms with E-state index in [9.17, 15) is 8.42 Å². The molecule has 3 rings (SSSR count). The summed E-state index contributed by atoms with van der Waals surface area (Å²) in [5.41, 5.74) is 0. The smallest absolute Gasteiger partial charge is 0.150 e. The third-order valence-corrected chi connectivity index (χ3v) is 8.72. The minimum atomic E-state index is -2.86. The largest absolute Gasteiger partial charge is 0.312 e. The van der Waals surface area contributed by atoms with Crippen LogP contribution in [0.4, 0.5) is 0 Å². The van der Waals surface area contributed by atoms with Crippen LogP contribution in [0.15, 0.2) is 0 Å². The average molecular weight is 362 g/mol. The third-order valence-electron chi connectivity index (χ3n) is 5.64. The molecule has 23 heavy (non-hydrogen) atoms. The van der Waals surface area contributed by atoms with Crippen LogP contribution in [0.5, 0.6) is 0 Å². The molecule has 3 aliphatic rings. The minimum absolute atomic E-state index is 0.108. The van der Waals surface area contributed by atoms with E-state index < -0.39 is 9.84 Å². The van der Waals surface area contributed by atoms with Crippen molar-refractivity contribution >= 4 is 21.6 Å². The molecule has 5 nitrogen and oxygen atoms in total. The van der Waals surface area contributed by atoms with Crippen molar-refractivity contribution in [2.24, 2.45) is 5.92 Å². The zero-order valence-electron chi connectivity index (χ0n) is 14.1. The van der Waals surface area contributed by atoms with Gasteiger partial charge in [0, 0.05) is 37.2 Å². The Labute approximate surface area is 145 Å². The van der Waals surface area contributed by atoms with Crippen molar-refractivity contribution in [3.8, 4) is 0 Å². The maximum Gasteiger partial charge on any atom is 0.150 e. The molecule has 0 aromatic rings. The lowest BCUT2D eigenvalue weighted by Gasteiger charge is -2.40. The molecule has 0 radical (unpaired) electrons. The zero-order chi connectivity index (χ0) is 16.3. The summed E-state index contributed by atoms with van der Waals surface area (Å²) < 4.78 is 23.4. The van der Waals surface area contributed by atoms with Crippen LogP contribution in [0, 0.1) is 5.92 Å². The Kier molecular flexibility index (Phi) is 6.29. The number of thioether (sulfide) groups is 1. The van der Waals surface area contributed by atoms with Crippen molar-refractivity contribution < 1.29 is 8.42 Å². The Bertz CT molecular complexity index is 472. The molecule has 2 aliphatic heterocycles. The summed E-state index contributed by atoms with van der Waals surface area (Å²) in [6.07, 6.45) is 8.17. The monoisotopic (exact) mass is 361 g/mol. The van der Waals surface area contributed by atoms with Crippen molar-refractivity contribution in [2.45, 2.75) is 61.2 Å². The van der Waals surface area contributed by atoms with Gasteiger partial charge in [-0.2, -0.15) is 11.8 Å². The molecule has 3 atom stereocenters. The van der Waals surface area contributed by atoms with E-state index in [0.29, 0.717) is 18.1 Å². The molecule has 0 bridgehead atoms. The van der Waals surface area contributed by atoms with Gasteiger partial charge in [0.25, 0.3) is 0 Å². The zero-order valence-corrected chi connectivity index (χ0v) is 15.7. The van der Waals surface area contributed by atoms with E-state index in [1.807, 2.05) is 0 Å². The van der Waals surface area contributed by atoms with Crippen LogP contribution in [0.25, 0.3) is 0 Å². The first-order valence-electron chi connectivity index (χ1n) is 9.03. The van der Waals surface area contributed by atoms with E-state index in [4.69, 9.17) is 0 Å². The molecule has 2 unspecified atom stereocenters. The van der Waals surface area contributed by atoms with Gasteiger partial charge >= 0.3 is 0 Å². The summed E-state index contributed by atoms with van der Waals surface area (Å²) in [4.78, 5) is 0. The molecule has 0 aromatic carbocycles. The number of sulfone groups is 1. The van der Waals surface area contributed by atoms with Gasteiger partial charge in [-0.3, -0.25) is 10.6 Å². The quantitative estimate of drug-likeness (QED) is 0.678. The van der Waals surface area contributed by atoms with E-state index in [1.165, 1.54) is 24.9 Å². The van der Waals surface area contributed by atoms with E-state index in [0.717, 1.165) is 50.6 Å². The summed E-state index contributed by atoms with van der Waals surface area (Å²) in [5.74, 6) is 1.92. The minimum Gasteiger partial charge on any atom is -0.312 e. The summed E-state index contributed by atoms with van der Waals surface area (Å²) in [6.45, 7) is 3.08. The standard InChI is InChI=1S/C16H31N3O2S2/c1-23(20,21)14-6-4-12(5-7-14)15-10-17-11-16(19-15)18-9-13-3-2-8-22-13/h12-19H,2-11H2,1H3/t12?,13-,14?,15?,16?/m1/s1. The maximum atomic E-state index is 11.7. The normalized spacial score (nSPS) is 39.4. The van der Waals surface area contributed by atoms with Crippen LogP contribution in [-0.2, 0) is 9.84 Å². The van der Waals surface area contributed by atoms with E-state index >= 15 is 0 Å². The van der Waals surface area contributed by atoms with Crippen LogP contribution in [0.3, 0.4) is 0 Å². The van der Waals surface area contributed by atoms with Crippen molar-refractivity contribution in [1.82, 2.24) is 16.0 Å². The van der Waals surface area contributed by atoms with Crippen molar-refractivity contribution in [2.75, 3.05) is 31.6 Å². The summed E-state index contributed by atoms with van der Waals surface area (Å²) >= 11 is 2.09. The van der Waals surface area contributed by atoms with Gasteiger partial charge in [0.1, 0.15) is 9.84 Å². The SMILES string of the molecule is CS(=O)(=O)C1CCC(C2CNCC(NC[C@H]3CCCS3)N2)CC1. The molecule has 0 aromatic heterocycles. The Balaban J connectivity index is 1.43. The van der Waals surface area contributed by atoms with Crippen molar-refractivity contribution in [3.05, 3.63) is 0 Å². The predicted molar refractivity (Wildman–Crippen MR) is 97.7 cm³/mol. The topological polar surface area (TPSA) is 70.2 Å². The molecule has 1 aliphatic carbocycles. The van der Waals surface area contributed by atoms with Crippen LogP contribution < -0.4 is 16.0 Å². The molecule has 0 spiro atoms. The number of nitrogens with one attached hydrogen (secondary N) is 3. The van der Waals surface area contributed by atoms with E-state index in [-0.39, 0.29) is 5.25 Å². The summed E-state index contributed by atoms with van der Waals surface area (Å²) in [7, 11) is -2.86. The Morgan fingerprint density at radius 2 is 1.91 bits per heavy atom. The highest BCUT2D eigenvalue weighted by molar-refractivity contribution is 8.00. The van der Waals surface area contributed by atoms with Crippen LogP contribution in [-0.4, -0.2) is 62.8 Å². The first kappa shape index (κ1) is 18.0. The van der Waals surface area contributed by atoms with Gasteiger partial charge in [-0.15, -0.1) is 0 Å². The molecule has 7 heteroatoms. The molecule has 134 valence electrons. The van der Waals surface area contributed by atoms with E-state index in [2.05, 4.69) is 27.7 Å². The Morgan fingerprint density at radius 3 is 2.57 bits per heavy atom. The number of hydrogen-bond donors (Lipinski definition) is 3. The Morgan fingerprint density at radius 1 is 1.13 bits per heavy atom. The van der Waals surface area contributed by atoms with Crippen molar-refractivity contribution in [3.63, 3.8) is 0 Å². The van der Waals surface area contributed by atoms with Gasteiger partial charge in [-0.1, -0.05) is 0 Å². The lowest BCUT2D eigenvalue weighted by Crippen LogP contribution is -2.63. The molecule has 2 saturated heterocycles. The summed E-state index contributed by atoms with van der Waals surface area (Å²) in [6, 6.07) is 0.470. The van der Waals surface area contributed by atoms with Gasteiger partial charge in [0.15, 0.2) is 0 Å². The predicted octanol–water partition coefficient (Wildman–Crippen LogP) is 0.963. The molecule has 3 fully saturated rings. The number of piperazine rings is 1. The maximum absolute atomic E-state index is 11.7. The first-order chi connectivity index (χ1) is 11.0. The fourth-order valence-electron chi connectivity index (χ4n) is 4.19. The van der Waals surface area contributed by atoms with E-state index in [1.54, 1.807) is 0 Å². The van der Waals surface area contributed by atoms with Gasteiger partial charge < -0.3 is 5.32 Å². The molecule has 2 heterocycles. The van der Waals surface area contributed by atoms with Crippen molar-refractivity contribution in [1.29, 1.82) is 0 Å². The number of rotatable bonds is 5. The number of hydrogen-bond acceptors (Lipinski definition) is 6. The molecule has 1 saturated carbocycles.